The van der Waals surface area contributed by atoms with Crippen LogP contribution in [-0.4, -0.2) is 50.0 Å². The van der Waals surface area contributed by atoms with E-state index in [-0.39, 0.29) is 18.3 Å². The van der Waals surface area contributed by atoms with Crippen LogP contribution in [0.15, 0.2) is 71.2 Å². The summed E-state index contributed by atoms with van der Waals surface area (Å²) in [6.07, 6.45) is -2.79. The second kappa shape index (κ2) is 16.9. The maximum absolute atomic E-state index is 13.0. The molecule has 0 amide bonds. The second-order valence-electron chi connectivity index (χ2n) is 9.71. The molecule has 11 heteroatoms. The third-order valence-electron chi connectivity index (χ3n) is 6.46. The monoisotopic (exact) mass is 665 g/mol. The minimum Gasteiger partial charge on any atom is -0.489 e. The molecular formula is C32H35BrF3NO6. The first-order valence-electron chi connectivity index (χ1n) is 13.9. The van der Waals surface area contributed by atoms with Crippen LogP contribution in [0.3, 0.4) is 0 Å². The Hall–Kier alpha value is -3.57. The molecule has 0 aliphatic rings. The van der Waals surface area contributed by atoms with Gasteiger partial charge in [0.2, 0.25) is 0 Å². The van der Waals surface area contributed by atoms with Crippen molar-refractivity contribution in [2.75, 3.05) is 26.8 Å². The van der Waals surface area contributed by atoms with E-state index in [0.717, 1.165) is 15.6 Å². The Morgan fingerprint density at radius 1 is 0.907 bits per heavy atom. The van der Waals surface area contributed by atoms with E-state index < -0.39 is 12.3 Å². The summed E-state index contributed by atoms with van der Waals surface area (Å²) < 4.78 is 59.9. The highest BCUT2D eigenvalue weighted by Gasteiger charge is 2.31. The smallest absolute Gasteiger partial charge is 0.489 e. The fourth-order valence-corrected chi connectivity index (χ4v) is 4.60. The van der Waals surface area contributed by atoms with Crippen LogP contribution in [0.1, 0.15) is 53.2 Å². The first kappa shape index (κ1) is 33.9. The maximum Gasteiger partial charge on any atom is 0.573 e. The molecule has 0 aliphatic carbocycles. The molecule has 0 fully saturated rings. The molecule has 0 aromatic heterocycles. The number of benzene rings is 3. The first-order valence-corrected chi connectivity index (χ1v) is 14.7. The van der Waals surface area contributed by atoms with E-state index >= 15 is 0 Å². The Bertz CT molecular complexity index is 1320. The fraction of sp³-hybridized carbons (Fsp3) is 0.375. The van der Waals surface area contributed by atoms with E-state index in [4.69, 9.17) is 14.2 Å². The van der Waals surface area contributed by atoms with Crippen molar-refractivity contribution in [3.63, 3.8) is 0 Å². The van der Waals surface area contributed by atoms with E-state index in [1.807, 2.05) is 36.4 Å². The molecule has 0 aliphatic heterocycles. The summed E-state index contributed by atoms with van der Waals surface area (Å²) in [4.78, 5) is 25.7. The van der Waals surface area contributed by atoms with Crippen LogP contribution in [0.2, 0.25) is 0 Å². The summed E-state index contributed by atoms with van der Waals surface area (Å²) in [6, 6.07) is 18.7. The van der Waals surface area contributed by atoms with Gasteiger partial charge in [0.25, 0.3) is 0 Å². The number of carbonyl (C=O) groups is 2. The molecule has 3 aromatic carbocycles. The van der Waals surface area contributed by atoms with Crippen LogP contribution < -0.4 is 9.47 Å². The van der Waals surface area contributed by atoms with Crippen molar-refractivity contribution in [1.29, 1.82) is 0 Å². The van der Waals surface area contributed by atoms with Crippen LogP contribution in [0.5, 0.6) is 11.5 Å². The first-order chi connectivity index (χ1) is 20.6. The molecule has 0 N–H and O–H groups in total. The molecular weight excluding hydrogens is 631 g/mol. The number of methoxy groups -OCH3 is 1. The predicted molar refractivity (Wildman–Crippen MR) is 159 cm³/mol. The Balaban J connectivity index is 1.76. The molecule has 43 heavy (non-hydrogen) atoms. The minimum atomic E-state index is -4.82. The lowest BCUT2D eigenvalue weighted by Crippen LogP contribution is -2.27. The summed E-state index contributed by atoms with van der Waals surface area (Å²) in [5, 5.41) is 0. The third kappa shape index (κ3) is 12.3. The number of hydrogen-bond acceptors (Lipinski definition) is 7. The van der Waals surface area contributed by atoms with E-state index in [1.165, 1.54) is 25.3 Å². The van der Waals surface area contributed by atoms with Gasteiger partial charge >= 0.3 is 18.3 Å². The van der Waals surface area contributed by atoms with Crippen molar-refractivity contribution in [3.8, 4) is 11.5 Å². The van der Waals surface area contributed by atoms with Crippen LogP contribution in [0.4, 0.5) is 13.2 Å². The Morgan fingerprint density at radius 3 is 2.26 bits per heavy atom. The molecule has 0 heterocycles. The Kier molecular flexibility index (Phi) is 13.3. The van der Waals surface area contributed by atoms with E-state index in [2.05, 4.69) is 25.6 Å². The quantitative estimate of drug-likeness (QED) is 0.116. The van der Waals surface area contributed by atoms with Crippen LogP contribution in [0, 0.1) is 0 Å². The fourth-order valence-electron chi connectivity index (χ4n) is 4.34. The molecule has 0 radical (unpaired) electrons. The Morgan fingerprint density at radius 2 is 1.60 bits per heavy atom. The van der Waals surface area contributed by atoms with Crippen LogP contribution in [0.25, 0.3) is 0 Å². The van der Waals surface area contributed by atoms with Crippen molar-refractivity contribution in [1.82, 2.24) is 4.90 Å². The van der Waals surface area contributed by atoms with Gasteiger partial charge in [0.1, 0.15) is 18.1 Å². The molecule has 0 unspecified atom stereocenters. The number of hydrogen-bond donors (Lipinski definition) is 0. The SMILES string of the molecule is CCOC(=O)CCCCN(CCc1cc(OC(F)(F)F)ccc1OCc1ccc(Br)cc1)Cc1ccc(C(=O)OC)cc1. The third-order valence-corrected chi connectivity index (χ3v) is 6.99. The number of carbonyl (C=O) groups excluding carboxylic acids is 2. The number of ether oxygens (including phenoxy) is 4. The van der Waals surface area contributed by atoms with Crippen molar-refractivity contribution < 1.29 is 41.7 Å². The lowest BCUT2D eigenvalue weighted by molar-refractivity contribution is -0.274. The molecule has 7 nitrogen and oxygen atoms in total. The van der Waals surface area contributed by atoms with Gasteiger partial charge in [-0.05, 0) is 91.9 Å². The standard InChI is InChI=1S/C32H35BrF3NO6/c1-3-41-30(38)6-4-5-18-37(21-23-7-11-25(12-8-23)31(39)40-2)19-17-26-20-28(43-32(34,35)36)15-16-29(26)42-22-24-9-13-27(33)14-10-24/h7-16,20H,3-6,17-19,21-22H2,1-2H3. The largest absolute Gasteiger partial charge is 0.573 e. The zero-order chi connectivity index (χ0) is 31.2. The predicted octanol–water partition coefficient (Wildman–Crippen LogP) is 7.49. The highest BCUT2D eigenvalue weighted by Crippen LogP contribution is 2.30. The van der Waals surface area contributed by atoms with Gasteiger partial charge in [-0.15, -0.1) is 13.2 Å². The minimum absolute atomic E-state index is 0.240. The number of nitrogens with zero attached hydrogens (tertiary/aromatic N) is 1. The van der Waals surface area contributed by atoms with Gasteiger partial charge in [-0.3, -0.25) is 9.69 Å². The molecule has 0 spiro atoms. The summed E-state index contributed by atoms with van der Waals surface area (Å²) in [6.45, 7) is 3.97. The number of esters is 2. The van der Waals surface area contributed by atoms with Crippen molar-refractivity contribution in [3.05, 3.63) is 93.5 Å². The van der Waals surface area contributed by atoms with Gasteiger partial charge in [0, 0.05) is 24.0 Å². The van der Waals surface area contributed by atoms with Crippen LogP contribution in [-0.2, 0) is 33.8 Å². The molecule has 3 aromatic rings. The zero-order valence-corrected chi connectivity index (χ0v) is 25.7. The number of alkyl halides is 3. The van der Waals surface area contributed by atoms with Crippen molar-refractivity contribution in [2.24, 2.45) is 0 Å². The second-order valence-corrected chi connectivity index (χ2v) is 10.6. The van der Waals surface area contributed by atoms with Crippen LogP contribution >= 0.6 is 15.9 Å². The van der Waals surface area contributed by atoms with Gasteiger partial charge in [0.15, 0.2) is 0 Å². The normalized spacial score (nSPS) is 11.3. The average Bonchev–Trinajstić information content (AvgIpc) is 2.97. The summed E-state index contributed by atoms with van der Waals surface area (Å²) in [5.74, 6) is -0.541. The number of rotatable bonds is 16. The summed E-state index contributed by atoms with van der Waals surface area (Å²) in [7, 11) is 1.32. The topological polar surface area (TPSA) is 74.3 Å². The van der Waals surface area contributed by atoms with E-state index in [1.54, 1.807) is 19.1 Å². The van der Waals surface area contributed by atoms with Gasteiger partial charge in [-0.2, -0.15) is 0 Å². The molecule has 3 rings (SSSR count). The van der Waals surface area contributed by atoms with E-state index in [9.17, 15) is 22.8 Å². The average molecular weight is 667 g/mol. The van der Waals surface area contributed by atoms with E-state index in [0.29, 0.717) is 68.8 Å². The van der Waals surface area contributed by atoms with Crippen molar-refractivity contribution in [2.45, 2.75) is 52.1 Å². The molecule has 232 valence electrons. The molecule has 0 bridgehead atoms. The lowest BCUT2D eigenvalue weighted by Gasteiger charge is -2.23. The van der Waals surface area contributed by atoms with Gasteiger partial charge in [-0.1, -0.05) is 40.2 Å². The number of unbranched alkanes of at least 4 members (excludes halogenated alkanes) is 1. The van der Waals surface area contributed by atoms with Gasteiger partial charge in [-0.25, -0.2) is 4.79 Å². The zero-order valence-electron chi connectivity index (χ0n) is 24.1. The summed E-state index contributed by atoms with van der Waals surface area (Å²) in [5.41, 5.74) is 2.85. The Labute approximate surface area is 258 Å². The highest BCUT2D eigenvalue weighted by molar-refractivity contribution is 9.10. The molecule has 0 saturated heterocycles. The van der Waals surface area contributed by atoms with Gasteiger partial charge in [0.05, 0.1) is 19.3 Å². The molecule has 0 saturated carbocycles. The number of halogens is 4. The van der Waals surface area contributed by atoms with Crippen molar-refractivity contribution >= 4 is 27.9 Å². The lowest BCUT2D eigenvalue weighted by atomic mass is 10.1. The maximum atomic E-state index is 13.0. The highest BCUT2D eigenvalue weighted by atomic mass is 79.9. The molecule has 0 atom stereocenters. The summed E-state index contributed by atoms with van der Waals surface area (Å²) >= 11 is 3.40. The van der Waals surface area contributed by atoms with Gasteiger partial charge < -0.3 is 18.9 Å².